The number of pyridine rings is 3. The molecular formula is C24H16FN7O. The Morgan fingerprint density at radius 2 is 1.82 bits per heavy atom. The van der Waals surface area contributed by atoms with Crippen molar-refractivity contribution in [1.29, 1.82) is 0 Å². The summed E-state index contributed by atoms with van der Waals surface area (Å²) < 4.78 is 19.1. The largest absolute Gasteiger partial charge is 0.495 e. The fourth-order valence-corrected chi connectivity index (χ4v) is 3.84. The first-order valence-corrected chi connectivity index (χ1v) is 10.1. The molecule has 0 fully saturated rings. The predicted octanol–water partition coefficient (Wildman–Crippen LogP) is 4.77. The molecule has 0 amide bonds. The highest BCUT2D eigenvalue weighted by Crippen LogP contribution is 2.32. The Morgan fingerprint density at radius 3 is 2.70 bits per heavy atom. The average Bonchev–Trinajstić information content (AvgIpc) is 3.47. The number of fused-ring (bicyclic) bond motifs is 2. The smallest absolute Gasteiger partial charge is 0.159 e. The molecule has 33 heavy (non-hydrogen) atoms. The van der Waals surface area contributed by atoms with E-state index >= 15 is 0 Å². The molecule has 6 rings (SSSR count). The average molecular weight is 437 g/mol. The number of rotatable bonds is 4. The van der Waals surface area contributed by atoms with Crippen molar-refractivity contribution in [3.8, 4) is 39.7 Å². The molecule has 0 saturated carbocycles. The van der Waals surface area contributed by atoms with Crippen molar-refractivity contribution in [2.24, 2.45) is 0 Å². The summed E-state index contributed by atoms with van der Waals surface area (Å²) in [4.78, 5) is 21.1. The van der Waals surface area contributed by atoms with E-state index in [1.807, 2.05) is 18.2 Å². The highest BCUT2D eigenvalue weighted by Gasteiger charge is 2.17. The summed E-state index contributed by atoms with van der Waals surface area (Å²) in [6.07, 6.45) is 8.47. The van der Waals surface area contributed by atoms with Crippen molar-refractivity contribution in [2.75, 3.05) is 7.11 Å². The van der Waals surface area contributed by atoms with Crippen molar-refractivity contribution >= 4 is 21.9 Å². The van der Waals surface area contributed by atoms with Crippen LogP contribution in [-0.2, 0) is 0 Å². The summed E-state index contributed by atoms with van der Waals surface area (Å²) in [5, 5.41) is 8.32. The molecule has 9 heteroatoms. The normalized spacial score (nSPS) is 11.3. The van der Waals surface area contributed by atoms with E-state index < -0.39 is 0 Å². The standard InChI is InChI=1S/C24H16FN7O/c1-33-16-6-14(8-26-9-16)19-7-17-20(12-28-19)31-32-23(17)24-29-21-11-27-10-18(22(21)30-24)13-3-2-4-15(25)5-13/h2-12H,1H3,(H,29,30)(H,31,32). The summed E-state index contributed by atoms with van der Waals surface area (Å²) >= 11 is 0. The minimum atomic E-state index is -0.314. The molecule has 1 aromatic carbocycles. The number of methoxy groups -OCH3 is 1. The number of nitrogens with one attached hydrogen (secondary N) is 2. The lowest BCUT2D eigenvalue weighted by Crippen LogP contribution is -1.89. The molecule has 0 atom stereocenters. The summed E-state index contributed by atoms with van der Waals surface area (Å²) in [5.41, 5.74) is 5.83. The number of hydrogen-bond acceptors (Lipinski definition) is 6. The van der Waals surface area contributed by atoms with Gasteiger partial charge in [-0.05, 0) is 29.8 Å². The van der Waals surface area contributed by atoms with Crippen molar-refractivity contribution in [2.45, 2.75) is 0 Å². The van der Waals surface area contributed by atoms with Crippen LogP contribution in [0.25, 0.3) is 55.8 Å². The molecule has 2 N–H and O–H groups in total. The Morgan fingerprint density at radius 1 is 0.909 bits per heavy atom. The maximum Gasteiger partial charge on any atom is 0.159 e. The molecule has 0 spiro atoms. The fraction of sp³-hybridized carbons (Fsp3) is 0.0417. The number of halogens is 1. The van der Waals surface area contributed by atoms with Gasteiger partial charge in [-0.25, -0.2) is 9.37 Å². The van der Waals surface area contributed by atoms with E-state index in [9.17, 15) is 4.39 Å². The van der Waals surface area contributed by atoms with Crippen molar-refractivity contribution < 1.29 is 9.13 Å². The fourth-order valence-electron chi connectivity index (χ4n) is 3.84. The van der Waals surface area contributed by atoms with Gasteiger partial charge in [0, 0.05) is 28.9 Å². The molecular weight excluding hydrogens is 421 g/mol. The Bertz CT molecular complexity index is 1640. The summed E-state index contributed by atoms with van der Waals surface area (Å²) in [5.74, 6) is 0.907. The lowest BCUT2D eigenvalue weighted by atomic mass is 10.1. The number of benzene rings is 1. The lowest BCUT2D eigenvalue weighted by molar-refractivity contribution is 0.413. The maximum atomic E-state index is 13.8. The van der Waals surface area contributed by atoms with Crippen LogP contribution in [0.3, 0.4) is 0 Å². The predicted molar refractivity (Wildman–Crippen MR) is 122 cm³/mol. The second-order valence-electron chi connectivity index (χ2n) is 7.48. The van der Waals surface area contributed by atoms with Gasteiger partial charge in [-0.2, -0.15) is 5.10 Å². The first kappa shape index (κ1) is 19.1. The second kappa shape index (κ2) is 7.49. The van der Waals surface area contributed by atoms with Crippen LogP contribution in [0.1, 0.15) is 0 Å². The van der Waals surface area contributed by atoms with Gasteiger partial charge in [0.1, 0.15) is 17.3 Å². The topological polar surface area (TPSA) is 105 Å². The van der Waals surface area contributed by atoms with Crippen LogP contribution in [0.15, 0.2) is 67.4 Å². The van der Waals surface area contributed by atoms with E-state index in [0.717, 1.165) is 33.2 Å². The number of aromatic amines is 2. The highest BCUT2D eigenvalue weighted by molar-refractivity contribution is 5.97. The van der Waals surface area contributed by atoms with Crippen LogP contribution >= 0.6 is 0 Å². The van der Waals surface area contributed by atoms with Gasteiger partial charge in [-0.3, -0.25) is 20.1 Å². The van der Waals surface area contributed by atoms with Gasteiger partial charge in [0.15, 0.2) is 5.82 Å². The van der Waals surface area contributed by atoms with Crippen LogP contribution in [0.2, 0.25) is 0 Å². The third-order valence-corrected chi connectivity index (χ3v) is 5.45. The monoisotopic (exact) mass is 437 g/mol. The number of H-pyrrole nitrogens is 2. The molecule has 8 nitrogen and oxygen atoms in total. The van der Waals surface area contributed by atoms with Crippen molar-refractivity contribution in [3.05, 3.63) is 73.2 Å². The van der Waals surface area contributed by atoms with Crippen LogP contribution < -0.4 is 4.74 Å². The molecule has 5 heterocycles. The van der Waals surface area contributed by atoms with Gasteiger partial charge < -0.3 is 9.72 Å². The van der Waals surface area contributed by atoms with Gasteiger partial charge in [-0.15, -0.1) is 0 Å². The molecule has 0 radical (unpaired) electrons. The highest BCUT2D eigenvalue weighted by atomic mass is 19.1. The van der Waals surface area contributed by atoms with Crippen molar-refractivity contribution in [3.63, 3.8) is 0 Å². The van der Waals surface area contributed by atoms with Gasteiger partial charge in [0.25, 0.3) is 0 Å². The third-order valence-electron chi connectivity index (χ3n) is 5.45. The lowest BCUT2D eigenvalue weighted by Gasteiger charge is -2.03. The van der Waals surface area contributed by atoms with E-state index in [0.29, 0.717) is 28.3 Å². The van der Waals surface area contributed by atoms with Crippen molar-refractivity contribution in [1.82, 2.24) is 35.1 Å². The second-order valence-corrected chi connectivity index (χ2v) is 7.48. The van der Waals surface area contributed by atoms with Crippen LogP contribution in [0.5, 0.6) is 5.75 Å². The number of ether oxygens (including phenoxy) is 1. The van der Waals surface area contributed by atoms with E-state index in [1.165, 1.54) is 12.1 Å². The van der Waals surface area contributed by atoms with E-state index in [-0.39, 0.29) is 5.82 Å². The molecule has 6 aromatic rings. The molecule has 0 bridgehead atoms. The number of imidazole rings is 1. The summed E-state index contributed by atoms with van der Waals surface area (Å²) in [7, 11) is 1.60. The molecule has 160 valence electrons. The molecule has 0 aliphatic rings. The molecule has 0 aliphatic carbocycles. The number of hydrogen-bond donors (Lipinski definition) is 2. The Hall–Kier alpha value is -4.66. The zero-order valence-electron chi connectivity index (χ0n) is 17.4. The first-order chi connectivity index (χ1) is 16.2. The number of aromatic nitrogens is 7. The molecule has 5 aromatic heterocycles. The van der Waals surface area contributed by atoms with E-state index in [2.05, 4.69) is 30.1 Å². The van der Waals surface area contributed by atoms with Gasteiger partial charge in [-0.1, -0.05) is 12.1 Å². The first-order valence-electron chi connectivity index (χ1n) is 10.1. The van der Waals surface area contributed by atoms with E-state index in [1.54, 1.807) is 44.2 Å². The van der Waals surface area contributed by atoms with E-state index in [4.69, 9.17) is 9.72 Å². The van der Waals surface area contributed by atoms with Crippen LogP contribution in [0.4, 0.5) is 4.39 Å². The third kappa shape index (κ3) is 3.26. The van der Waals surface area contributed by atoms with Gasteiger partial charge >= 0.3 is 0 Å². The molecule has 0 aliphatic heterocycles. The van der Waals surface area contributed by atoms with Crippen LogP contribution in [0, 0.1) is 5.82 Å². The SMILES string of the molecule is COc1cncc(-c2cc3c(-c4nc5c(-c6cccc(F)c6)cncc5[nH]4)n[nH]c3cn2)c1. The summed E-state index contributed by atoms with van der Waals surface area (Å²) in [6, 6.07) is 10.2. The minimum absolute atomic E-state index is 0.314. The molecule has 0 saturated heterocycles. The Kier molecular flexibility index (Phi) is 4.32. The zero-order valence-corrected chi connectivity index (χ0v) is 17.4. The summed E-state index contributed by atoms with van der Waals surface area (Å²) in [6.45, 7) is 0. The van der Waals surface area contributed by atoms with Crippen LogP contribution in [-0.4, -0.2) is 42.2 Å². The van der Waals surface area contributed by atoms with Gasteiger partial charge in [0.05, 0.1) is 47.9 Å². The van der Waals surface area contributed by atoms with Gasteiger partial charge in [0.2, 0.25) is 0 Å². The Balaban J connectivity index is 1.49. The number of nitrogens with zero attached hydrogens (tertiary/aromatic N) is 5. The minimum Gasteiger partial charge on any atom is -0.495 e. The molecule has 0 unspecified atom stereocenters. The Labute approximate surface area is 186 Å². The quantitative estimate of drug-likeness (QED) is 0.411. The zero-order chi connectivity index (χ0) is 22.4. The maximum absolute atomic E-state index is 13.8.